The van der Waals surface area contributed by atoms with Crippen LogP contribution >= 0.6 is 20.5 Å². The molecule has 5 rings (SSSR count). The zero-order chi connectivity index (χ0) is 24.3. The van der Waals surface area contributed by atoms with Crippen molar-refractivity contribution in [2.45, 2.75) is 24.4 Å². The van der Waals surface area contributed by atoms with Gasteiger partial charge in [-0.3, -0.25) is 4.79 Å². The van der Waals surface area contributed by atoms with E-state index in [1.54, 1.807) is 16.2 Å². The van der Waals surface area contributed by atoms with Gasteiger partial charge in [0.25, 0.3) is 0 Å². The second-order valence-electron chi connectivity index (χ2n) is 7.73. The zero-order valence-corrected chi connectivity index (χ0v) is 20.5. The minimum absolute atomic E-state index is 0.0168. The fourth-order valence-corrected chi connectivity index (χ4v) is 6.97. The van der Waals surface area contributed by atoms with E-state index in [9.17, 15) is 27.6 Å². The third-order valence-electron chi connectivity index (χ3n) is 5.52. The van der Waals surface area contributed by atoms with Gasteiger partial charge in [-0.2, -0.15) is 0 Å². The first-order valence-corrected chi connectivity index (χ1v) is 14.7. The summed E-state index contributed by atoms with van der Waals surface area (Å²) < 4.78 is 48.8. The molecule has 178 valence electrons. The molecule has 34 heavy (non-hydrogen) atoms. The first-order valence-electron chi connectivity index (χ1n) is 9.74. The van der Waals surface area contributed by atoms with E-state index in [0.29, 0.717) is 24.1 Å². The van der Waals surface area contributed by atoms with Crippen molar-refractivity contribution < 1.29 is 52.1 Å². The standard InChI is InChI=1S/C21H13ClF3IN3O4S/c22-13-6-9(27-17(30)15-8-26-34-19(32)29-15)5-12(21(23,24)25)16(13)33-10-1-2-14-11(7-10)20(3-4-20)18(31)28-14/h1-2,5-8H,3-4H2,(H,27,30)(H,28,31)(H,29,32)/q-1. The summed E-state index contributed by atoms with van der Waals surface area (Å²) >= 11 is 5.45. The van der Waals surface area contributed by atoms with Gasteiger partial charge in [-0.05, 0) is 12.8 Å². The Balaban J connectivity index is 1.45. The number of halogens is 5. The van der Waals surface area contributed by atoms with Crippen molar-refractivity contribution in [2.75, 3.05) is 10.6 Å². The third kappa shape index (κ3) is 4.22. The number of rotatable bonds is 4. The van der Waals surface area contributed by atoms with Crippen LogP contribution in [0.25, 0.3) is 0 Å². The van der Waals surface area contributed by atoms with Gasteiger partial charge >= 0.3 is 169 Å². The Hall–Kier alpha value is -2.45. The first-order chi connectivity index (χ1) is 16.1. The molecule has 13 heteroatoms. The van der Waals surface area contributed by atoms with Crippen LogP contribution in [0.3, 0.4) is 0 Å². The Bertz CT molecular complexity index is 1300. The van der Waals surface area contributed by atoms with Crippen LogP contribution in [0, 0.1) is 0 Å². The predicted octanol–water partition coefficient (Wildman–Crippen LogP) is 2.38. The van der Waals surface area contributed by atoms with Crippen molar-refractivity contribution in [3.8, 4) is 11.5 Å². The molecule has 2 aromatic rings. The number of nitrogens with one attached hydrogen (secondary N) is 3. The van der Waals surface area contributed by atoms with E-state index < -0.39 is 53.9 Å². The van der Waals surface area contributed by atoms with Gasteiger partial charge in [-0.25, -0.2) is 0 Å². The topological polar surface area (TPSA) is 96.5 Å². The van der Waals surface area contributed by atoms with Crippen molar-refractivity contribution >= 4 is 49.0 Å². The molecule has 2 heterocycles. The van der Waals surface area contributed by atoms with Crippen LogP contribution in [0.2, 0.25) is 5.02 Å². The summed E-state index contributed by atoms with van der Waals surface area (Å²) in [5.74, 6) is -1.40. The van der Waals surface area contributed by atoms with E-state index in [1.807, 2.05) is 0 Å². The van der Waals surface area contributed by atoms with E-state index in [0.717, 1.165) is 21.1 Å². The normalized spacial score (nSPS) is 18.3. The molecule has 0 unspecified atom stereocenters. The van der Waals surface area contributed by atoms with Gasteiger partial charge < -0.3 is 5.32 Å². The number of benzene rings is 2. The van der Waals surface area contributed by atoms with E-state index in [4.69, 9.17) is 16.3 Å². The molecule has 0 aromatic heterocycles. The quantitative estimate of drug-likeness (QED) is 0.456. The Labute approximate surface area is 208 Å². The zero-order valence-electron chi connectivity index (χ0n) is 16.8. The molecule has 1 aliphatic carbocycles. The summed E-state index contributed by atoms with van der Waals surface area (Å²) in [4.78, 5) is 36.1. The van der Waals surface area contributed by atoms with Crippen molar-refractivity contribution in [1.82, 2.24) is 5.32 Å². The molecule has 0 atom stereocenters. The van der Waals surface area contributed by atoms with Crippen molar-refractivity contribution in [3.63, 3.8) is 0 Å². The summed E-state index contributed by atoms with van der Waals surface area (Å²) in [6, 6.07) is 6.44. The number of carbonyl (C=O) groups is 3. The minimum atomic E-state index is -4.84. The number of alkyl halides is 3. The van der Waals surface area contributed by atoms with Gasteiger partial charge in [0.05, 0.1) is 5.41 Å². The van der Waals surface area contributed by atoms with Crippen LogP contribution in [0.4, 0.5) is 29.3 Å². The van der Waals surface area contributed by atoms with Gasteiger partial charge in [0.15, 0.2) is 0 Å². The number of amides is 3. The molecule has 0 bridgehead atoms. The molecule has 3 aliphatic rings. The SMILES string of the molecule is O=C1NC(C(=O)Nc2cc(Cl)c(Oc3ccc4c(c3)C3(CC3)C(=O)N4)c(C(F)(F)F)c2)=C[I-]S1. The van der Waals surface area contributed by atoms with Crippen molar-refractivity contribution in [3.05, 3.63) is 56.3 Å². The van der Waals surface area contributed by atoms with E-state index in [2.05, 4.69) is 16.0 Å². The third-order valence-corrected chi connectivity index (χ3v) is 9.57. The van der Waals surface area contributed by atoms with Gasteiger partial charge in [0.2, 0.25) is 5.91 Å². The van der Waals surface area contributed by atoms with E-state index in [-0.39, 0.29) is 28.1 Å². The number of ether oxygens (including phenoxy) is 1. The molecule has 0 radical (unpaired) electrons. The summed E-state index contributed by atoms with van der Waals surface area (Å²) in [6.07, 6.45) is -3.52. The summed E-state index contributed by atoms with van der Waals surface area (Å²) in [5, 5.41) is 6.71. The molecule has 2 aliphatic heterocycles. The Morgan fingerprint density at radius 3 is 2.62 bits per heavy atom. The van der Waals surface area contributed by atoms with Crippen LogP contribution in [-0.4, -0.2) is 17.1 Å². The predicted molar refractivity (Wildman–Crippen MR) is 115 cm³/mol. The Kier molecular flexibility index (Phi) is 5.72. The maximum atomic E-state index is 13.9. The molecule has 3 N–H and O–H groups in total. The number of hydrogen-bond donors (Lipinski definition) is 3. The number of fused-ring (bicyclic) bond motifs is 2. The fraction of sp³-hybridized carbons (Fsp3) is 0.190. The van der Waals surface area contributed by atoms with Crippen molar-refractivity contribution in [2.24, 2.45) is 0 Å². The van der Waals surface area contributed by atoms with Gasteiger partial charge in [0, 0.05) is 5.69 Å². The molecular formula is C21H13ClF3IN3O4S-. The summed E-state index contributed by atoms with van der Waals surface area (Å²) in [6.45, 7) is 0. The van der Waals surface area contributed by atoms with Gasteiger partial charge in [-0.15, -0.1) is 0 Å². The molecule has 0 saturated heterocycles. The fourth-order valence-electron chi connectivity index (χ4n) is 3.74. The van der Waals surface area contributed by atoms with Crippen LogP contribution in [0.15, 0.2) is 40.1 Å². The van der Waals surface area contributed by atoms with Crippen LogP contribution < -0.4 is 40.5 Å². The van der Waals surface area contributed by atoms with E-state index in [1.165, 1.54) is 6.07 Å². The molecule has 1 fully saturated rings. The summed E-state index contributed by atoms with van der Waals surface area (Å²) in [7, 11) is 1.06. The molecule has 2 aromatic carbocycles. The number of hydrogen-bond acceptors (Lipinski definition) is 5. The van der Waals surface area contributed by atoms with Crippen LogP contribution in [0.1, 0.15) is 24.0 Å². The Morgan fingerprint density at radius 2 is 1.94 bits per heavy atom. The van der Waals surface area contributed by atoms with Gasteiger partial charge in [0.1, 0.15) is 0 Å². The average molecular weight is 623 g/mol. The second-order valence-corrected chi connectivity index (χ2v) is 12.3. The molecular weight excluding hydrogens is 610 g/mol. The summed E-state index contributed by atoms with van der Waals surface area (Å²) in [5.41, 5.74) is -0.745. The molecule has 7 nitrogen and oxygen atoms in total. The number of anilines is 2. The van der Waals surface area contributed by atoms with Crippen molar-refractivity contribution in [1.29, 1.82) is 0 Å². The number of carbonyl (C=O) groups excluding carboxylic acids is 3. The monoisotopic (exact) mass is 622 g/mol. The maximum absolute atomic E-state index is 13.9. The second kappa shape index (κ2) is 8.34. The van der Waals surface area contributed by atoms with Crippen LogP contribution in [0.5, 0.6) is 11.5 Å². The average Bonchev–Trinajstić information content (AvgIpc) is 3.52. The molecule has 3 amide bonds. The van der Waals surface area contributed by atoms with Gasteiger partial charge in [-0.1, -0.05) is 0 Å². The Morgan fingerprint density at radius 1 is 1.18 bits per heavy atom. The molecule has 1 saturated carbocycles. The van der Waals surface area contributed by atoms with E-state index >= 15 is 0 Å². The molecule has 1 spiro atoms. The van der Waals surface area contributed by atoms with Crippen LogP contribution in [-0.2, 0) is 21.2 Å². The first kappa shape index (κ1) is 23.3.